The molecule has 5 nitrogen and oxygen atoms in total. The fourth-order valence-electron chi connectivity index (χ4n) is 1.63. The molecule has 0 atom stereocenters. The minimum Gasteiger partial charge on any atom is -0.268 e. The van der Waals surface area contributed by atoms with Crippen LogP contribution in [-0.2, 0) is 10.0 Å². The first kappa shape index (κ1) is 13.1. The zero-order valence-corrected chi connectivity index (χ0v) is 11.0. The van der Waals surface area contributed by atoms with Gasteiger partial charge in [-0.3, -0.25) is 9.29 Å². The molecule has 19 heavy (non-hydrogen) atoms. The van der Waals surface area contributed by atoms with Gasteiger partial charge in [0.1, 0.15) is 11.0 Å². The number of hydrogen-bond donors (Lipinski definition) is 0. The summed E-state index contributed by atoms with van der Waals surface area (Å²) in [5.41, 5.74) is 0.645. The molecule has 0 radical (unpaired) electrons. The Morgan fingerprint density at radius 2 is 1.95 bits per heavy atom. The molecule has 2 rings (SSSR count). The van der Waals surface area contributed by atoms with Gasteiger partial charge in [-0.15, -0.1) is 0 Å². The fourth-order valence-corrected chi connectivity index (χ4v) is 2.81. The van der Waals surface area contributed by atoms with Crippen molar-refractivity contribution in [3.8, 4) is 6.07 Å². The number of benzene rings is 1. The molecule has 0 aliphatic carbocycles. The number of anilines is 1. The van der Waals surface area contributed by atoms with E-state index in [2.05, 4.69) is 4.98 Å². The van der Waals surface area contributed by atoms with Crippen molar-refractivity contribution in [3.05, 3.63) is 54.4 Å². The molecule has 96 valence electrons. The molecule has 6 heteroatoms. The van der Waals surface area contributed by atoms with Gasteiger partial charge in [0.2, 0.25) is 0 Å². The fraction of sp³-hybridized carbons (Fsp3) is 0.0769. The topological polar surface area (TPSA) is 74.1 Å². The average Bonchev–Trinajstić information content (AvgIpc) is 2.47. The number of para-hydroxylation sites is 1. The molecule has 0 saturated heterocycles. The van der Waals surface area contributed by atoms with Crippen LogP contribution >= 0.6 is 0 Å². The summed E-state index contributed by atoms with van der Waals surface area (Å²) in [5.74, 6) is 0. The predicted octanol–water partition coefficient (Wildman–Crippen LogP) is 1.78. The third kappa shape index (κ3) is 2.41. The Bertz CT molecular complexity index is 721. The standard InChI is InChI=1S/C13H11N3O2S/c1-16(13-7-3-2-5-11(13)9-14)19(17,18)12-6-4-8-15-10-12/h2-8,10H,1H3. The molecule has 0 spiro atoms. The number of aromatic nitrogens is 1. The van der Waals surface area contributed by atoms with E-state index in [9.17, 15) is 8.42 Å². The van der Waals surface area contributed by atoms with Crippen LogP contribution in [0.2, 0.25) is 0 Å². The predicted molar refractivity (Wildman–Crippen MR) is 71.0 cm³/mol. The van der Waals surface area contributed by atoms with Crippen LogP contribution in [0.25, 0.3) is 0 Å². The van der Waals surface area contributed by atoms with E-state index >= 15 is 0 Å². The summed E-state index contributed by atoms with van der Waals surface area (Å²) in [7, 11) is -2.29. The third-order valence-electron chi connectivity index (χ3n) is 2.66. The average molecular weight is 273 g/mol. The van der Waals surface area contributed by atoms with Gasteiger partial charge in [0.15, 0.2) is 0 Å². The molecule has 1 aromatic heterocycles. The number of nitriles is 1. The summed E-state index contributed by atoms with van der Waals surface area (Å²) in [4.78, 5) is 3.89. The third-order valence-corrected chi connectivity index (χ3v) is 4.41. The van der Waals surface area contributed by atoms with E-state index in [1.807, 2.05) is 6.07 Å². The number of nitrogens with zero attached hydrogens (tertiary/aromatic N) is 3. The van der Waals surface area contributed by atoms with Crippen molar-refractivity contribution >= 4 is 15.7 Å². The molecule has 0 saturated carbocycles. The molecular formula is C13H11N3O2S. The Hall–Kier alpha value is -2.39. The van der Waals surface area contributed by atoms with E-state index in [1.165, 1.54) is 25.5 Å². The van der Waals surface area contributed by atoms with Crippen LogP contribution in [0.1, 0.15) is 5.56 Å². The van der Waals surface area contributed by atoms with E-state index in [4.69, 9.17) is 5.26 Å². The smallest absolute Gasteiger partial charge is 0.265 e. The molecule has 0 N–H and O–H groups in total. The second kappa shape index (κ2) is 5.08. The number of pyridine rings is 1. The van der Waals surface area contributed by atoms with Gasteiger partial charge < -0.3 is 0 Å². The van der Waals surface area contributed by atoms with Gasteiger partial charge in [-0.05, 0) is 24.3 Å². The molecular weight excluding hydrogens is 262 g/mol. The van der Waals surface area contributed by atoms with Crippen LogP contribution in [0.15, 0.2) is 53.7 Å². The van der Waals surface area contributed by atoms with Gasteiger partial charge in [-0.2, -0.15) is 5.26 Å². The lowest BCUT2D eigenvalue weighted by Gasteiger charge is -2.20. The highest BCUT2D eigenvalue weighted by Gasteiger charge is 2.23. The van der Waals surface area contributed by atoms with Gasteiger partial charge in [0, 0.05) is 19.4 Å². The van der Waals surface area contributed by atoms with Crippen LogP contribution in [-0.4, -0.2) is 20.4 Å². The van der Waals surface area contributed by atoms with Crippen molar-refractivity contribution in [2.45, 2.75) is 4.90 Å². The van der Waals surface area contributed by atoms with Crippen molar-refractivity contribution in [2.75, 3.05) is 11.4 Å². The first-order chi connectivity index (χ1) is 9.07. The molecule has 0 aliphatic heterocycles. The summed E-state index contributed by atoms with van der Waals surface area (Å²) in [6.45, 7) is 0. The number of hydrogen-bond acceptors (Lipinski definition) is 4. The molecule has 0 bridgehead atoms. The van der Waals surface area contributed by atoms with Crippen molar-refractivity contribution in [1.29, 1.82) is 5.26 Å². The second-order valence-corrected chi connectivity index (χ2v) is 5.76. The van der Waals surface area contributed by atoms with Gasteiger partial charge in [-0.1, -0.05) is 12.1 Å². The molecule has 2 aromatic rings. The maximum absolute atomic E-state index is 12.4. The lowest BCUT2D eigenvalue weighted by atomic mass is 10.2. The Morgan fingerprint density at radius 1 is 1.21 bits per heavy atom. The molecule has 1 aromatic carbocycles. The quantitative estimate of drug-likeness (QED) is 0.854. The highest BCUT2D eigenvalue weighted by molar-refractivity contribution is 7.92. The highest BCUT2D eigenvalue weighted by atomic mass is 32.2. The van der Waals surface area contributed by atoms with E-state index in [-0.39, 0.29) is 4.90 Å². The Morgan fingerprint density at radius 3 is 2.58 bits per heavy atom. The van der Waals surface area contributed by atoms with E-state index in [0.29, 0.717) is 11.3 Å². The van der Waals surface area contributed by atoms with Crippen molar-refractivity contribution in [3.63, 3.8) is 0 Å². The normalized spacial score (nSPS) is 10.7. The number of rotatable bonds is 3. The zero-order chi connectivity index (χ0) is 13.9. The summed E-state index contributed by atoms with van der Waals surface area (Å²) in [6.07, 6.45) is 2.78. The summed E-state index contributed by atoms with van der Waals surface area (Å²) < 4.78 is 25.8. The van der Waals surface area contributed by atoms with Crippen molar-refractivity contribution in [1.82, 2.24) is 4.98 Å². The lowest BCUT2D eigenvalue weighted by Crippen LogP contribution is -2.27. The van der Waals surface area contributed by atoms with Crippen LogP contribution < -0.4 is 4.31 Å². The molecule has 0 fully saturated rings. The van der Waals surface area contributed by atoms with E-state index in [1.54, 1.807) is 30.3 Å². The second-order valence-electron chi connectivity index (χ2n) is 3.79. The minimum atomic E-state index is -3.70. The van der Waals surface area contributed by atoms with E-state index < -0.39 is 10.0 Å². The minimum absolute atomic E-state index is 0.0882. The van der Waals surface area contributed by atoms with Gasteiger partial charge in [0.25, 0.3) is 10.0 Å². The van der Waals surface area contributed by atoms with Crippen LogP contribution in [0.4, 0.5) is 5.69 Å². The van der Waals surface area contributed by atoms with Gasteiger partial charge in [0.05, 0.1) is 11.3 Å². The van der Waals surface area contributed by atoms with Crippen LogP contribution in [0.5, 0.6) is 0 Å². The largest absolute Gasteiger partial charge is 0.268 e. The molecule has 0 amide bonds. The Balaban J connectivity index is 2.51. The Labute approximate surface area is 111 Å². The summed E-state index contributed by atoms with van der Waals surface area (Å²) in [5, 5.41) is 9.02. The van der Waals surface area contributed by atoms with Crippen LogP contribution in [0, 0.1) is 11.3 Å². The zero-order valence-electron chi connectivity index (χ0n) is 10.2. The highest BCUT2D eigenvalue weighted by Crippen LogP contribution is 2.24. The lowest BCUT2D eigenvalue weighted by molar-refractivity contribution is 0.594. The maximum atomic E-state index is 12.4. The Kier molecular flexibility index (Phi) is 3.49. The first-order valence-electron chi connectivity index (χ1n) is 5.45. The van der Waals surface area contributed by atoms with Gasteiger partial charge >= 0.3 is 0 Å². The molecule has 0 aliphatic rings. The number of sulfonamides is 1. The van der Waals surface area contributed by atoms with Crippen LogP contribution in [0.3, 0.4) is 0 Å². The van der Waals surface area contributed by atoms with Gasteiger partial charge in [-0.25, -0.2) is 8.42 Å². The molecule has 1 heterocycles. The summed E-state index contributed by atoms with van der Waals surface area (Å²) in [6, 6.07) is 11.5. The first-order valence-corrected chi connectivity index (χ1v) is 6.89. The summed E-state index contributed by atoms with van der Waals surface area (Å²) >= 11 is 0. The van der Waals surface area contributed by atoms with Crippen molar-refractivity contribution < 1.29 is 8.42 Å². The monoisotopic (exact) mass is 273 g/mol. The van der Waals surface area contributed by atoms with E-state index in [0.717, 1.165) is 4.31 Å². The SMILES string of the molecule is CN(c1ccccc1C#N)S(=O)(=O)c1cccnc1. The van der Waals surface area contributed by atoms with Crippen molar-refractivity contribution in [2.24, 2.45) is 0 Å². The maximum Gasteiger partial charge on any atom is 0.265 e. The molecule has 0 unspecified atom stereocenters.